The van der Waals surface area contributed by atoms with E-state index in [0.717, 1.165) is 62.4 Å². The summed E-state index contributed by atoms with van der Waals surface area (Å²) in [6.07, 6.45) is 1.92. The van der Waals surface area contributed by atoms with Crippen LogP contribution in [0.2, 0.25) is 0 Å². The van der Waals surface area contributed by atoms with E-state index >= 15 is 0 Å². The van der Waals surface area contributed by atoms with Gasteiger partial charge in [-0.05, 0) is 32.0 Å². The molecule has 2 aromatic rings. The highest BCUT2D eigenvalue weighted by atomic mass is 16.5. The molecule has 0 saturated carbocycles. The second-order valence-electron chi connectivity index (χ2n) is 8.94. The van der Waals surface area contributed by atoms with E-state index in [-0.39, 0.29) is 5.41 Å². The Morgan fingerprint density at radius 1 is 1.14 bits per heavy atom. The third-order valence-electron chi connectivity index (χ3n) is 5.67. The number of rotatable bonds is 5. The number of nitrogens with zero attached hydrogens (tertiary/aromatic N) is 6. The summed E-state index contributed by atoms with van der Waals surface area (Å²) in [6.45, 7) is 10.6. The monoisotopic (exact) mass is 386 g/mol. The highest BCUT2D eigenvalue weighted by Gasteiger charge is 2.32. The van der Waals surface area contributed by atoms with Gasteiger partial charge in [0.1, 0.15) is 0 Å². The minimum Gasteiger partial charge on any atom is -0.381 e. The molecule has 4 rings (SSSR count). The molecular weight excluding hydrogens is 356 g/mol. The molecule has 0 N–H and O–H groups in total. The van der Waals surface area contributed by atoms with E-state index in [4.69, 9.17) is 9.26 Å². The number of hydrogen-bond donors (Lipinski definition) is 0. The van der Waals surface area contributed by atoms with Crippen LogP contribution in [0.1, 0.15) is 56.9 Å². The predicted octanol–water partition coefficient (Wildman–Crippen LogP) is 2.37. The molecule has 28 heavy (non-hydrogen) atoms. The molecule has 0 bridgehead atoms. The Morgan fingerprint density at radius 3 is 2.54 bits per heavy atom. The molecule has 2 aromatic heterocycles. The molecule has 0 aromatic carbocycles. The highest BCUT2D eigenvalue weighted by Crippen LogP contribution is 2.27. The van der Waals surface area contributed by atoms with Crippen molar-refractivity contribution in [3.8, 4) is 0 Å². The van der Waals surface area contributed by atoms with Gasteiger partial charge in [0.25, 0.3) is 0 Å². The van der Waals surface area contributed by atoms with Gasteiger partial charge in [-0.1, -0.05) is 25.9 Å². The normalized spacial score (nSPS) is 19.2. The molecule has 0 aliphatic carbocycles. The molecule has 4 heterocycles. The van der Waals surface area contributed by atoms with Gasteiger partial charge in [0, 0.05) is 43.7 Å². The van der Waals surface area contributed by atoms with Crippen LogP contribution in [0.4, 0.5) is 5.82 Å². The molecular formula is C20H30N6O2. The van der Waals surface area contributed by atoms with Crippen molar-refractivity contribution < 1.29 is 9.26 Å². The second kappa shape index (κ2) is 7.75. The van der Waals surface area contributed by atoms with E-state index in [9.17, 15) is 0 Å². The molecule has 152 valence electrons. The standard InChI is InChI=1S/C20H30N6O2/c1-20(2,3)16-5-6-18(23-22-16)26-11-15(12-26)25(4)13-17-21-19(28-24-17)14-7-9-27-10-8-14/h5-6,14-15H,7-13H2,1-4H3. The van der Waals surface area contributed by atoms with Crippen LogP contribution in [0, 0.1) is 0 Å². The van der Waals surface area contributed by atoms with Gasteiger partial charge in [0.2, 0.25) is 5.89 Å². The lowest BCUT2D eigenvalue weighted by Gasteiger charge is -2.44. The third kappa shape index (κ3) is 4.17. The molecule has 2 aliphatic rings. The largest absolute Gasteiger partial charge is 0.381 e. The number of likely N-dealkylation sites (N-methyl/N-ethyl adjacent to an activating group) is 1. The number of anilines is 1. The lowest BCUT2D eigenvalue weighted by molar-refractivity contribution is 0.0778. The van der Waals surface area contributed by atoms with Crippen molar-refractivity contribution in [1.29, 1.82) is 0 Å². The van der Waals surface area contributed by atoms with Crippen molar-refractivity contribution in [2.45, 2.75) is 57.5 Å². The van der Waals surface area contributed by atoms with E-state index in [1.54, 1.807) is 0 Å². The fourth-order valence-corrected chi connectivity index (χ4v) is 3.61. The maximum Gasteiger partial charge on any atom is 0.229 e. The number of hydrogen-bond acceptors (Lipinski definition) is 8. The van der Waals surface area contributed by atoms with Crippen LogP contribution in [0.25, 0.3) is 0 Å². The molecule has 2 saturated heterocycles. The van der Waals surface area contributed by atoms with Gasteiger partial charge < -0.3 is 14.2 Å². The van der Waals surface area contributed by atoms with Crippen molar-refractivity contribution in [2.24, 2.45) is 0 Å². The summed E-state index contributed by atoms with van der Waals surface area (Å²) >= 11 is 0. The van der Waals surface area contributed by atoms with E-state index in [2.05, 4.69) is 70.1 Å². The Labute approximate surface area is 166 Å². The van der Waals surface area contributed by atoms with Crippen molar-refractivity contribution in [3.63, 3.8) is 0 Å². The van der Waals surface area contributed by atoms with Gasteiger partial charge in [-0.2, -0.15) is 10.1 Å². The highest BCUT2D eigenvalue weighted by molar-refractivity contribution is 5.42. The van der Waals surface area contributed by atoms with E-state index in [0.29, 0.717) is 18.5 Å². The van der Waals surface area contributed by atoms with Gasteiger partial charge in [0.15, 0.2) is 11.6 Å². The summed E-state index contributed by atoms with van der Waals surface area (Å²) in [4.78, 5) is 9.15. The molecule has 0 atom stereocenters. The quantitative estimate of drug-likeness (QED) is 0.775. The summed E-state index contributed by atoms with van der Waals surface area (Å²) in [5.74, 6) is 2.81. The van der Waals surface area contributed by atoms with Gasteiger partial charge in [0.05, 0.1) is 12.2 Å². The minimum absolute atomic E-state index is 0.0251. The first-order chi connectivity index (χ1) is 13.4. The number of ether oxygens (including phenoxy) is 1. The molecule has 8 heteroatoms. The summed E-state index contributed by atoms with van der Waals surface area (Å²) in [5, 5.41) is 13.0. The Morgan fingerprint density at radius 2 is 1.89 bits per heavy atom. The first-order valence-corrected chi connectivity index (χ1v) is 10.1. The predicted molar refractivity (Wildman–Crippen MR) is 105 cm³/mol. The van der Waals surface area contributed by atoms with Gasteiger partial charge in [-0.25, -0.2) is 0 Å². The topological polar surface area (TPSA) is 80.4 Å². The zero-order valence-corrected chi connectivity index (χ0v) is 17.3. The summed E-state index contributed by atoms with van der Waals surface area (Å²) in [6, 6.07) is 4.61. The second-order valence-corrected chi connectivity index (χ2v) is 8.94. The average Bonchev–Trinajstić information content (AvgIpc) is 3.09. The first-order valence-electron chi connectivity index (χ1n) is 10.1. The third-order valence-corrected chi connectivity index (χ3v) is 5.67. The van der Waals surface area contributed by atoms with E-state index in [1.807, 2.05) is 0 Å². The molecule has 0 spiro atoms. The minimum atomic E-state index is 0.0251. The summed E-state index contributed by atoms with van der Waals surface area (Å²) < 4.78 is 10.9. The van der Waals surface area contributed by atoms with E-state index in [1.165, 1.54) is 0 Å². The van der Waals surface area contributed by atoms with Crippen LogP contribution in [-0.2, 0) is 16.7 Å². The molecule has 2 aliphatic heterocycles. The Kier molecular flexibility index (Phi) is 5.33. The fourth-order valence-electron chi connectivity index (χ4n) is 3.61. The average molecular weight is 387 g/mol. The van der Waals surface area contributed by atoms with Crippen LogP contribution in [0.15, 0.2) is 16.7 Å². The maximum absolute atomic E-state index is 5.49. The fraction of sp³-hybridized carbons (Fsp3) is 0.700. The summed E-state index contributed by atoms with van der Waals surface area (Å²) in [7, 11) is 2.11. The van der Waals surface area contributed by atoms with Crippen molar-refractivity contribution in [3.05, 3.63) is 29.5 Å². The van der Waals surface area contributed by atoms with Gasteiger partial charge in [-0.15, -0.1) is 5.10 Å². The SMILES string of the molecule is CN(Cc1noc(C2CCOCC2)n1)C1CN(c2ccc(C(C)(C)C)nn2)C1. The van der Waals surface area contributed by atoms with Crippen LogP contribution in [0.3, 0.4) is 0 Å². The van der Waals surface area contributed by atoms with Crippen molar-refractivity contribution >= 4 is 5.82 Å². The Balaban J connectivity index is 1.28. The van der Waals surface area contributed by atoms with Crippen molar-refractivity contribution in [1.82, 2.24) is 25.2 Å². The first kappa shape index (κ1) is 19.3. The molecule has 0 amide bonds. The maximum atomic E-state index is 5.49. The zero-order chi connectivity index (χ0) is 19.7. The van der Waals surface area contributed by atoms with Crippen molar-refractivity contribution in [2.75, 3.05) is 38.3 Å². The molecule has 8 nitrogen and oxygen atoms in total. The lowest BCUT2D eigenvalue weighted by Crippen LogP contribution is -2.58. The molecule has 0 unspecified atom stereocenters. The Bertz CT molecular complexity index is 773. The van der Waals surface area contributed by atoms with Crippen LogP contribution in [-0.4, -0.2) is 64.6 Å². The summed E-state index contributed by atoms with van der Waals surface area (Å²) in [5.41, 5.74) is 1.04. The van der Waals surface area contributed by atoms with Crippen LogP contribution in [0.5, 0.6) is 0 Å². The van der Waals surface area contributed by atoms with Crippen LogP contribution >= 0.6 is 0 Å². The van der Waals surface area contributed by atoms with Gasteiger partial charge in [-0.3, -0.25) is 4.90 Å². The van der Waals surface area contributed by atoms with Gasteiger partial charge >= 0.3 is 0 Å². The Hall–Kier alpha value is -2.06. The lowest BCUT2D eigenvalue weighted by atomic mass is 9.92. The smallest absolute Gasteiger partial charge is 0.229 e. The zero-order valence-electron chi connectivity index (χ0n) is 17.3. The van der Waals surface area contributed by atoms with Crippen LogP contribution < -0.4 is 4.90 Å². The molecule has 0 radical (unpaired) electrons. The number of aromatic nitrogens is 4. The van der Waals surface area contributed by atoms with E-state index < -0.39 is 0 Å². The molecule has 2 fully saturated rings.